The third kappa shape index (κ3) is 3.52. The van der Waals surface area contributed by atoms with E-state index in [9.17, 15) is 0 Å². The molecule has 0 unspecified atom stereocenters. The number of rotatable bonds is 6. The molecule has 0 bridgehead atoms. The van der Waals surface area contributed by atoms with Crippen molar-refractivity contribution in [3.8, 4) is 11.5 Å². The first-order valence-corrected chi connectivity index (χ1v) is 11.1. The molecular formula is C28H23N3O2. The van der Waals surface area contributed by atoms with Gasteiger partial charge < -0.3 is 14.0 Å². The molecule has 5 nitrogen and oxygen atoms in total. The summed E-state index contributed by atoms with van der Waals surface area (Å²) in [7, 11) is 1.69. The summed E-state index contributed by atoms with van der Waals surface area (Å²) in [5.74, 6) is 1.71. The Hall–Kier alpha value is -4.12. The zero-order chi connectivity index (χ0) is 22.2. The van der Waals surface area contributed by atoms with E-state index in [-0.39, 0.29) is 0 Å². The monoisotopic (exact) mass is 433 g/mol. The maximum absolute atomic E-state index is 6.07. The normalized spacial score (nSPS) is 11.5. The predicted octanol–water partition coefficient (Wildman–Crippen LogP) is 6.37. The Bertz CT molecular complexity index is 1620. The molecule has 33 heavy (non-hydrogen) atoms. The molecule has 0 amide bonds. The molecule has 2 heterocycles. The molecule has 0 aliphatic carbocycles. The molecule has 0 fully saturated rings. The molecule has 6 aromatic rings. The van der Waals surface area contributed by atoms with Crippen LogP contribution < -0.4 is 9.47 Å². The highest BCUT2D eigenvalue weighted by atomic mass is 16.5. The summed E-state index contributed by atoms with van der Waals surface area (Å²) in [4.78, 5) is 9.90. The van der Waals surface area contributed by atoms with E-state index in [0.717, 1.165) is 57.6 Å². The second-order valence-electron chi connectivity index (χ2n) is 8.13. The van der Waals surface area contributed by atoms with Crippen LogP contribution in [0.25, 0.3) is 43.9 Å². The van der Waals surface area contributed by atoms with Crippen molar-refractivity contribution in [2.75, 3.05) is 13.7 Å². The summed E-state index contributed by atoms with van der Waals surface area (Å²) in [6.45, 7) is 1.41. The van der Waals surface area contributed by atoms with Crippen LogP contribution in [0.2, 0.25) is 0 Å². The van der Waals surface area contributed by atoms with Gasteiger partial charge in [-0.05, 0) is 59.7 Å². The molecule has 6 rings (SSSR count). The smallest absolute Gasteiger partial charge is 0.160 e. The number of ether oxygens (including phenoxy) is 2. The van der Waals surface area contributed by atoms with Crippen LogP contribution >= 0.6 is 0 Å². The van der Waals surface area contributed by atoms with Crippen molar-refractivity contribution in [2.24, 2.45) is 0 Å². The van der Waals surface area contributed by atoms with E-state index in [2.05, 4.69) is 41.0 Å². The Morgan fingerprint density at radius 1 is 0.758 bits per heavy atom. The number of nitrogens with zero attached hydrogens (tertiary/aromatic N) is 3. The summed E-state index contributed by atoms with van der Waals surface area (Å²) < 4.78 is 13.8. The third-order valence-electron chi connectivity index (χ3n) is 6.07. The Morgan fingerprint density at radius 2 is 1.52 bits per heavy atom. The lowest BCUT2D eigenvalue weighted by Crippen LogP contribution is -2.05. The van der Waals surface area contributed by atoms with Crippen LogP contribution in [0.3, 0.4) is 0 Å². The minimum absolute atomic E-state index is 0.622. The first-order chi connectivity index (χ1) is 16.3. The zero-order valence-electron chi connectivity index (χ0n) is 18.4. The lowest BCUT2D eigenvalue weighted by Gasteiger charge is -2.10. The molecule has 2 aromatic heterocycles. The number of benzene rings is 4. The van der Waals surface area contributed by atoms with Gasteiger partial charge in [-0.1, -0.05) is 42.5 Å². The second-order valence-corrected chi connectivity index (χ2v) is 8.13. The fourth-order valence-corrected chi connectivity index (χ4v) is 4.44. The molecule has 0 atom stereocenters. The van der Waals surface area contributed by atoms with E-state index in [4.69, 9.17) is 19.4 Å². The number of hydrogen-bond donors (Lipinski definition) is 0. The van der Waals surface area contributed by atoms with E-state index in [1.165, 1.54) is 10.8 Å². The molecule has 0 spiro atoms. The molecule has 0 aliphatic heterocycles. The molecule has 5 heteroatoms. The van der Waals surface area contributed by atoms with Gasteiger partial charge in [0.1, 0.15) is 17.0 Å². The Morgan fingerprint density at radius 3 is 2.36 bits per heavy atom. The van der Waals surface area contributed by atoms with Crippen molar-refractivity contribution in [2.45, 2.75) is 13.0 Å². The standard InChI is InChI=1S/C28H23N3O2/c1-32-21-13-14-26-23(18-21)27-28(30-25-10-5-4-9-24(25)29-27)31(26)15-6-16-33-22-12-11-19-7-2-3-8-20(19)17-22/h2-5,7-14,17-18H,6,15-16H2,1H3. The third-order valence-corrected chi connectivity index (χ3v) is 6.07. The van der Waals surface area contributed by atoms with Gasteiger partial charge >= 0.3 is 0 Å². The highest BCUT2D eigenvalue weighted by molar-refractivity contribution is 6.07. The maximum Gasteiger partial charge on any atom is 0.160 e. The molecule has 0 saturated heterocycles. The van der Waals surface area contributed by atoms with Crippen molar-refractivity contribution in [1.82, 2.24) is 14.5 Å². The highest BCUT2D eigenvalue weighted by Crippen LogP contribution is 2.31. The minimum Gasteiger partial charge on any atom is -0.497 e. The quantitative estimate of drug-likeness (QED) is 0.286. The molecule has 4 aromatic carbocycles. The lowest BCUT2D eigenvalue weighted by atomic mass is 10.1. The van der Waals surface area contributed by atoms with Crippen molar-refractivity contribution in [1.29, 1.82) is 0 Å². The molecule has 0 radical (unpaired) electrons. The Labute approximate surface area is 191 Å². The lowest BCUT2D eigenvalue weighted by molar-refractivity contribution is 0.303. The van der Waals surface area contributed by atoms with E-state index in [1.807, 2.05) is 48.5 Å². The summed E-state index contributed by atoms with van der Waals surface area (Å²) in [5.41, 5.74) is 4.69. The van der Waals surface area contributed by atoms with Gasteiger partial charge in [0.05, 0.1) is 30.3 Å². The first-order valence-electron chi connectivity index (χ1n) is 11.1. The van der Waals surface area contributed by atoms with E-state index < -0.39 is 0 Å². The van der Waals surface area contributed by atoms with Crippen LogP contribution in [0.1, 0.15) is 6.42 Å². The Balaban J connectivity index is 1.31. The van der Waals surface area contributed by atoms with Gasteiger partial charge in [0, 0.05) is 11.9 Å². The van der Waals surface area contributed by atoms with Gasteiger partial charge in [-0.25, -0.2) is 9.97 Å². The summed E-state index contributed by atoms with van der Waals surface area (Å²) in [6, 6.07) is 28.7. The van der Waals surface area contributed by atoms with E-state index in [1.54, 1.807) is 7.11 Å². The average Bonchev–Trinajstić information content (AvgIpc) is 3.16. The van der Waals surface area contributed by atoms with Gasteiger partial charge in [0.15, 0.2) is 5.65 Å². The van der Waals surface area contributed by atoms with Crippen molar-refractivity contribution < 1.29 is 9.47 Å². The minimum atomic E-state index is 0.622. The van der Waals surface area contributed by atoms with Gasteiger partial charge in [0.2, 0.25) is 0 Å². The van der Waals surface area contributed by atoms with Crippen LogP contribution in [0.4, 0.5) is 0 Å². The summed E-state index contributed by atoms with van der Waals surface area (Å²) >= 11 is 0. The SMILES string of the molecule is COc1ccc2c(c1)c1nc3ccccc3nc1n2CCCOc1ccc2ccccc2c1. The largest absolute Gasteiger partial charge is 0.497 e. The summed E-state index contributed by atoms with van der Waals surface area (Å²) in [5, 5.41) is 3.46. The molecule has 162 valence electrons. The zero-order valence-corrected chi connectivity index (χ0v) is 18.4. The van der Waals surface area contributed by atoms with Crippen molar-refractivity contribution in [3.63, 3.8) is 0 Å². The number of aryl methyl sites for hydroxylation is 1. The summed E-state index contributed by atoms with van der Waals surface area (Å²) in [6.07, 6.45) is 0.853. The number of aromatic nitrogens is 3. The average molecular weight is 434 g/mol. The van der Waals surface area contributed by atoms with Crippen LogP contribution in [0, 0.1) is 0 Å². The van der Waals surface area contributed by atoms with Crippen LogP contribution in [-0.2, 0) is 6.54 Å². The van der Waals surface area contributed by atoms with Crippen LogP contribution in [0.15, 0.2) is 84.9 Å². The van der Waals surface area contributed by atoms with Gasteiger partial charge in [-0.3, -0.25) is 0 Å². The number of hydrogen-bond acceptors (Lipinski definition) is 4. The second kappa shape index (κ2) is 8.10. The fraction of sp³-hybridized carbons (Fsp3) is 0.143. The van der Waals surface area contributed by atoms with Crippen LogP contribution in [0.5, 0.6) is 11.5 Å². The number of methoxy groups -OCH3 is 1. The van der Waals surface area contributed by atoms with Crippen molar-refractivity contribution >= 4 is 43.9 Å². The van der Waals surface area contributed by atoms with E-state index >= 15 is 0 Å². The fourth-order valence-electron chi connectivity index (χ4n) is 4.44. The molecule has 0 saturated carbocycles. The van der Waals surface area contributed by atoms with Crippen LogP contribution in [-0.4, -0.2) is 28.3 Å². The molecule has 0 aliphatic rings. The number of para-hydroxylation sites is 2. The maximum atomic E-state index is 6.07. The predicted molar refractivity (Wildman–Crippen MR) is 133 cm³/mol. The van der Waals surface area contributed by atoms with E-state index in [0.29, 0.717) is 6.61 Å². The first kappa shape index (κ1) is 19.6. The number of fused-ring (bicyclic) bond motifs is 5. The molecule has 0 N–H and O–H groups in total. The van der Waals surface area contributed by atoms with Gasteiger partial charge in [0.25, 0.3) is 0 Å². The topological polar surface area (TPSA) is 49.2 Å². The van der Waals surface area contributed by atoms with Gasteiger partial charge in [-0.15, -0.1) is 0 Å². The Kier molecular flexibility index (Phi) is 4.80. The molecular weight excluding hydrogens is 410 g/mol. The van der Waals surface area contributed by atoms with Gasteiger partial charge in [-0.2, -0.15) is 0 Å². The van der Waals surface area contributed by atoms with Crippen molar-refractivity contribution in [3.05, 3.63) is 84.9 Å². The highest BCUT2D eigenvalue weighted by Gasteiger charge is 2.15.